The van der Waals surface area contributed by atoms with Gasteiger partial charge in [-0.25, -0.2) is 0 Å². The van der Waals surface area contributed by atoms with E-state index in [-0.39, 0.29) is 0 Å². The van der Waals surface area contributed by atoms with Gasteiger partial charge in [0, 0.05) is 6.54 Å². The number of rotatable bonds is 9. The van der Waals surface area contributed by atoms with Crippen LogP contribution in [0.25, 0.3) is 0 Å². The maximum absolute atomic E-state index is 3.27. The van der Waals surface area contributed by atoms with Crippen LogP contribution in [-0.4, -0.2) is 12.8 Å². The fourth-order valence-electron chi connectivity index (χ4n) is 1.38. The second-order valence-electron chi connectivity index (χ2n) is 4.05. The Morgan fingerprint density at radius 3 is 2.23 bits per heavy atom. The minimum atomic E-state index is 0.887. The summed E-state index contributed by atoms with van der Waals surface area (Å²) < 4.78 is 3.27. The molecule has 1 nitrogen and oxygen atoms in total. The Labute approximate surface area is 88.2 Å². The summed E-state index contributed by atoms with van der Waals surface area (Å²) in [7, 11) is 0. The highest BCUT2D eigenvalue weighted by atomic mass is 32.2. The number of nitrogens with one attached hydrogen (secondary N) is 1. The maximum atomic E-state index is 3.27. The topological polar surface area (TPSA) is 12.0 Å². The fraction of sp³-hybridized carbons (Fsp3) is 1.00. The van der Waals surface area contributed by atoms with Gasteiger partial charge in [0.1, 0.15) is 0 Å². The lowest BCUT2D eigenvalue weighted by atomic mass is 10.0. The zero-order valence-corrected chi connectivity index (χ0v) is 10.3. The van der Waals surface area contributed by atoms with Crippen molar-refractivity contribution >= 4 is 11.9 Å². The molecule has 0 spiro atoms. The molecule has 0 aromatic rings. The molecule has 0 radical (unpaired) electrons. The molecule has 13 heavy (non-hydrogen) atoms. The second kappa shape index (κ2) is 10.4. The van der Waals surface area contributed by atoms with Gasteiger partial charge in [0.05, 0.1) is 0 Å². The summed E-state index contributed by atoms with van der Waals surface area (Å²) in [6.07, 6.45) is 10.5. The third-order valence-corrected chi connectivity index (χ3v) is 2.70. The molecule has 0 aromatic carbocycles. The van der Waals surface area contributed by atoms with E-state index in [1.54, 1.807) is 11.9 Å². The smallest absolute Gasteiger partial charge is 0.00584 e. The van der Waals surface area contributed by atoms with Crippen LogP contribution in [0.1, 0.15) is 52.4 Å². The predicted octanol–water partition coefficient (Wildman–Crippen LogP) is 3.85. The van der Waals surface area contributed by atoms with Gasteiger partial charge < -0.3 is 0 Å². The molecule has 0 rings (SSSR count). The largest absolute Gasteiger partial charge is 0.264 e. The Hall–Kier alpha value is 0.310. The summed E-state index contributed by atoms with van der Waals surface area (Å²) in [5.74, 6) is 0.887. The van der Waals surface area contributed by atoms with E-state index < -0.39 is 0 Å². The van der Waals surface area contributed by atoms with Crippen molar-refractivity contribution in [2.75, 3.05) is 12.8 Å². The lowest BCUT2D eigenvalue weighted by molar-refractivity contribution is 0.515. The van der Waals surface area contributed by atoms with Crippen molar-refractivity contribution in [2.24, 2.45) is 5.92 Å². The van der Waals surface area contributed by atoms with Gasteiger partial charge in [-0.2, -0.15) is 0 Å². The van der Waals surface area contributed by atoms with Gasteiger partial charge in [-0.1, -0.05) is 57.9 Å². The first-order valence-corrected chi connectivity index (χ1v) is 6.75. The minimum Gasteiger partial charge on any atom is -0.264 e. The number of unbranched alkanes of at least 4 members (excludes halogenated alkanes) is 4. The van der Waals surface area contributed by atoms with Crippen LogP contribution < -0.4 is 4.72 Å². The normalized spacial score (nSPS) is 11.1. The predicted molar refractivity (Wildman–Crippen MR) is 64.1 cm³/mol. The van der Waals surface area contributed by atoms with Gasteiger partial charge in [0.25, 0.3) is 0 Å². The third kappa shape index (κ3) is 12.3. The van der Waals surface area contributed by atoms with Crippen molar-refractivity contribution in [1.82, 2.24) is 4.72 Å². The first kappa shape index (κ1) is 13.3. The zero-order valence-electron chi connectivity index (χ0n) is 9.44. The molecule has 0 bridgehead atoms. The van der Waals surface area contributed by atoms with Crippen LogP contribution in [0.5, 0.6) is 0 Å². The van der Waals surface area contributed by atoms with Crippen LogP contribution in [0.2, 0.25) is 0 Å². The number of hydrogen-bond acceptors (Lipinski definition) is 2. The molecule has 80 valence electrons. The van der Waals surface area contributed by atoms with E-state index in [2.05, 4.69) is 24.8 Å². The molecule has 0 aliphatic heterocycles. The van der Waals surface area contributed by atoms with E-state index in [1.165, 1.54) is 45.1 Å². The van der Waals surface area contributed by atoms with E-state index in [1.807, 2.05) is 0 Å². The molecule has 0 unspecified atom stereocenters. The highest BCUT2D eigenvalue weighted by Gasteiger charge is 1.94. The molecule has 2 heteroatoms. The third-order valence-electron chi connectivity index (χ3n) is 2.20. The van der Waals surface area contributed by atoms with Crippen LogP contribution in [0, 0.1) is 5.92 Å². The summed E-state index contributed by atoms with van der Waals surface area (Å²) >= 11 is 1.72. The molecule has 0 heterocycles. The molecule has 1 N–H and O–H groups in total. The van der Waals surface area contributed by atoms with Crippen LogP contribution in [0.15, 0.2) is 0 Å². The van der Waals surface area contributed by atoms with Crippen molar-refractivity contribution in [2.45, 2.75) is 52.4 Å². The summed E-state index contributed by atoms with van der Waals surface area (Å²) in [6, 6.07) is 0. The average molecular weight is 203 g/mol. The average Bonchev–Trinajstić information content (AvgIpc) is 2.09. The fourth-order valence-corrected chi connectivity index (χ4v) is 1.73. The van der Waals surface area contributed by atoms with Gasteiger partial charge in [-0.3, -0.25) is 4.72 Å². The van der Waals surface area contributed by atoms with Gasteiger partial charge in [0.15, 0.2) is 0 Å². The first-order valence-electron chi connectivity index (χ1n) is 5.53. The molecule has 0 aliphatic rings. The summed E-state index contributed by atoms with van der Waals surface area (Å²) in [5, 5.41) is 0. The Balaban J connectivity index is 2.84. The van der Waals surface area contributed by atoms with Crippen molar-refractivity contribution in [3.8, 4) is 0 Å². The lowest BCUT2D eigenvalue weighted by Gasteiger charge is -2.04. The molecule has 0 saturated heterocycles. The summed E-state index contributed by atoms with van der Waals surface area (Å²) in [4.78, 5) is 0. The molecule has 0 fully saturated rings. The van der Waals surface area contributed by atoms with Gasteiger partial charge in [0.2, 0.25) is 0 Å². The summed E-state index contributed by atoms with van der Waals surface area (Å²) in [5.41, 5.74) is 0. The first-order chi connectivity index (χ1) is 6.27. The highest BCUT2D eigenvalue weighted by Crippen LogP contribution is 2.10. The van der Waals surface area contributed by atoms with Crippen LogP contribution in [-0.2, 0) is 0 Å². The van der Waals surface area contributed by atoms with Crippen LogP contribution >= 0.6 is 11.9 Å². The van der Waals surface area contributed by atoms with E-state index in [0.29, 0.717) is 0 Å². The van der Waals surface area contributed by atoms with Gasteiger partial charge >= 0.3 is 0 Å². The minimum absolute atomic E-state index is 0.887. The van der Waals surface area contributed by atoms with Crippen molar-refractivity contribution in [3.05, 3.63) is 0 Å². The van der Waals surface area contributed by atoms with E-state index in [0.717, 1.165) is 5.92 Å². The quantitative estimate of drug-likeness (QED) is 0.451. The van der Waals surface area contributed by atoms with Gasteiger partial charge in [-0.15, -0.1) is 0 Å². The van der Waals surface area contributed by atoms with Crippen LogP contribution in [0.4, 0.5) is 0 Å². The van der Waals surface area contributed by atoms with Crippen molar-refractivity contribution in [3.63, 3.8) is 0 Å². The molecule has 0 amide bonds. The van der Waals surface area contributed by atoms with Gasteiger partial charge in [-0.05, 0) is 18.6 Å². The maximum Gasteiger partial charge on any atom is 0.00584 e. The molecular weight excluding hydrogens is 178 g/mol. The number of hydrogen-bond donors (Lipinski definition) is 1. The lowest BCUT2D eigenvalue weighted by Crippen LogP contribution is -2.03. The highest BCUT2D eigenvalue weighted by molar-refractivity contribution is 7.96. The Kier molecular flexibility index (Phi) is 10.6. The summed E-state index contributed by atoms with van der Waals surface area (Å²) in [6.45, 7) is 5.79. The van der Waals surface area contributed by atoms with Crippen molar-refractivity contribution in [1.29, 1.82) is 0 Å². The zero-order chi connectivity index (χ0) is 9.94. The SMILES string of the molecule is CSNCCCCCCCC(C)C. The molecular formula is C11H25NS. The molecule has 0 saturated carbocycles. The Bertz CT molecular complexity index is 94.1. The second-order valence-corrected chi connectivity index (χ2v) is 4.75. The Morgan fingerprint density at radius 2 is 1.62 bits per heavy atom. The van der Waals surface area contributed by atoms with Crippen LogP contribution in [0.3, 0.4) is 0 Å². The molecule has 0 atom stereocenters. The van der Waals surface area contributed by atoms with E-state index in [9.17, 15) is 0 Å². The molecule has 0 aromatic heterocycles. The van der Waals surface area contributed by atoms with Crippen molar-refractivity contribution < 1.29 is 0 Å². The monoisotopic (exact) mass is 203 g/mol. The standard InChI is InChI=1S/C11H25NS/c1-11(2)9-7-5-4-6-8-10-12-13-3/h11-12H,4-10H2,1-3H3. The molecule has 0 aliphatic carbocycles. The Morgan fingerprint density at radius 1 is 1.00 bits per heavy atom. The van der Waals surface area contributed by atoms with E-state index >= 15 is 0 Å². The van der Waals surface area contributed by atoms with E-state index in [4.69, 9.17) is 0 Å².